The number of halogens is 2. The summed E-state index contributed by atoms with van der Waals surface area (Å²) in [7, 11) is 0. The van der Waals surface area contributed by atoms with Gasteiger partial charge in [0.15, 0.2) is 0 Å². The topological polar surface area (TPSA) is 38.0 Å². The Morgan fingerprint density at radius 3 is 2.71 bits per heavy atom. The summed E-state index contributed by atoms with van der Waals surface area (Å²) in [4.78, 5) is 0. The molecule has 1 saturated carbocycles. The van der Waals surface area contributed by atoms with Gasteiger partial charge in [-0.15, -0.1) is 0 Å². The van der Waals surface area contributed by atoms with Crippen molar-refractivity contribution in [3.63, 3.8) is 0 Å². The molecule has 0 spiro atoms. The fourth-order valence-electron chi connectivity index (χ4n) is 2.28. The van der Waals surface area contributed by atoms with Crippen molar-refractivity contribution in [3.05, 3.63) is 28.5 Å². The lowest BCUT2D eigenvalue weighted by molar-refractivity contribution is 0.338. The third-order valence-corrected chi connectivity index (χ3v) is 3.89. The van der Waals surface area contributed by atoms with E-state index >= 15 is 0 Å². The fraction of sp³-hybridized carbons (Fsp3) is 0.538. The van der Waals surface area contributed by atoms with E-state index in [4.69, 9.17) is 5.73 Å². The summed E-state index contributed by atoms with van der Waals surface area (Å²) in [6, 6.07) is 5.33. The zero-order chi connectivity index (χ0) is 12.3. The van der Waals surface area contributed by atoms with Gasteiger partial charge in [0.2, 0.25) is 0 Å². The molecule has 17 heavy (non-hydrogen) atoms. The Balaban J connectivity index is 1.87. The summed E-state index contributed by atoms with van der Waals surface area (Å²) < 4.78 is 14.4. The molecule has 1 fully saturated rings. The van der Waals surface area contributed by atoms with Crippen molar-refractivity contribution in [2.75, 3.05) is 11.9 Å². The first kappa shape index (κ1) is 12.8. The number of anilines is 1. The second kappa shape index (κ2) is 5.83. The van der Waals surface area contributed by atoms with Gasteiger partial charge < -0.3 is 11.1 Å². The highest BCUT2D eigenvalue weighted by atomic mass is 79.9. The predicted molar refractivity (Wildman–Crippen MR) is 72.5 cm³/mol. The molecule has 0 aliphatic heterocycles. The van der Waals surface area contributed by atoms with Crippen LogP contribution >= 0.6 is 15.9 Å². The van der Waals surface area contributed by atoms with Crippen LogP contribution in [0.4, 0.5) is 10.1 Å². The lowest BCUT2D eigenvalue weighted by Crippen LogP contribution is -2.29. The average Bonchev–Trinajstić information content (AvgIpc) is 2.32. The second-order valence-electron chi connectivity index (χ2n) is 4.79. The van der Waals surface area contributed by atoms with Crippen LogP contribution in [0.5, 0.6) is 0 Å². The van der Waals surface area contributed by atoms with Gasteiger partial charge in [-0.3, -0.25) is 0 Å². The smallest absolute Gasteiger partial charge is 0.146 e. The van der Waals surface area contributed by atoms with E-state index in [1.54, 1.807) is 12.1 Å². The van der Waals surface area contributed by atoms with E-state index in [9.17, 15) is 4.39 Å². The Kier molecular flexibility index (Phi) is 4.40. The second-order valence-corrected chi connectivity index (χ2v) is 5.70. The molecule has 4 heteroatoms. The number of benzene rings is 1. The van der Waals surface area contributed by atoms with Gasteiger partial charge in [0.1, 0.15) is 5.82 Å². The molecule has 2 nitrogen and oxygen atoms in total. The van der Waals surface area contributed by atoms with E-state index in [0.717, 1.165) is 36.7 Å². The number of hydrogen-bond donors (Lipinski definition) is 2. The third-order valence-electron chi connectivity index (χ3n) is 3.40. The van der Waals surface area contributed by atoms with Crippen LogP contribution in [0.1, 0.15) is 25.7 Å². The van der Waals surface area contributed by atoms with Crippen LogP contribution in [0.3, 0.4) is 0 Å². The van der Waals surface area contributed by atoms with Crippen LogP contribution < -0.4 is 11.1 Å². The van der Waals surface area contributed by atoms with E-state index in [1.165, 1.54) is 6.07 Å². The van der Waals surface area contributed by atoms with Gasteiger partial charge in [-0.1, -0.05) is 15.9 Å². The first-order valence-corrected chi connectivity index (χ1v) is 6.89. The fourth-order valence-corrected chi connectivity index (χ4v) is 2.64. The minimum atomic E-state index is -0.194. The van der Waals surface area contributed by atoms with Gasteiger partial charge in [0.25, 0.3) is 0 Å². The summed E-state index contributed by atoms with van der Waals surface area (Å²) >= 11 is 3.35. The molecule has 0 aromatic heterocycles. The van der Waals surface area contributed by atoms with Crippen LogP contribution in [0, 0.1) is 11.7 Å². The molecule has 0 atom stereocenters. The normalized spacial score (nSPS) is 24.6. The molecule has 0 unspecified atom stereocenters. The lowest BCUT2D eigenvalue weighted by atomic mass is 9.86. The van der Waals surface area contributed by atoms with E-state index < -0.39 is 0 Å². The van der Waals surface area contributed by atoms with Crippen LogP contribution in [0.15, 0.2) is 22.7 Å². The van der Waals surface area contributed by atoms with Crippen LogP contribution in [-0.4, -0.2) is 12.6 Å². The zero-order valence-electron chi connectivity index (χ0n) is 9.76. The molecule has 2 rings (SSSR count). The largest absolute Gasteiger partial charge is 0.382 e. The van der Waals surface area contributed by atoms with Gasteiger partial charge >= 0.3 is 0 Å². The van der Waals surface area contributed by atoms with Crippen LogP contribution in [-0.2, 0) is 0 Å². The van der Waals surface area contributed by atoms with Gasteiger partial charge in [-0.25, -0.2) is 4.39 Å². The molecule has 0 radical (unpaired) electrons. The molecule has 0 heterocycles. The van der Waals surface area contributed by atoms with Crippen molar-refractivity contribution < 1.29 is 4.39 Å². The Morgan fingerprint density at radius 1 is 1.29 bits per heavy atom. The molecule has 3 N–H and O–H groups in total. The number of nitrogens with two attached hydrogens (primary N) is 1. The maximum atomic E-state index is 13.5. The highest BCUT2D eigenvalue weighted by Crippen LogP contribution is 2.25. The number of rotatable bonds is 3. The van der Waals surface area contributed by atoms with Gasteiger partial charge in [-0.2, -0.15) is 0 Å². The van der Waals surface area contributed by atoms with Crippen molar-refractivity contribution in [1.29, 1.82) is 0 Å². The van der Waals surface area contributed by atoms with Crippen molar-refractivity contribution >= 4 is 21.6 Å². The SMILES string of the molecule is NC1CCC(CNc2cc(Br)ccc2F)CC1. The van der Waals surface area contributed by atoms with Gasteiger partial charge in [0, 0.05) is 17.1 Å². The van der Waals surface area contributed by atoms with Crippen molar-refractivity contribution in [3.8, 4) is 0 Å². The molecule has 0 saturated heterocycles. The highest BCUT2D eigenvalue weighted by Gasteiger charge is 2.18. The van der Waals surface area contributed by atoms with E-state index in [0.29, 0.717) is 17.6 Å². The summed E-state index contributed by atoms with van der Waals surface area (Å²) in [5.41, 5.74) is 6.44. The number of hydrogen-bond acceptors (Lipinski definition) is 2. The first-order valence-electron chi connectivity index (χ1n) is 6.09. The summed E-state index contributed by atoms with van der Waals surface area (Å²) in [5.74, 6) is 0.425. The van der Waals surface area contributed by atoms with Crippen LogP contribution in [0.2, 0.25) is 0 Å². The maximum absolute atomic E-state index is 13.5. The Hall–Kier alpha value is -0.610. The van der Waals surface area contributed by atoms with Crippen molar-refractivity contribution in [2.24, 2.45) is 11.7 Å². The van der Waals surface area contributed by atoms with E-state index in [2.05, 4.69) is 21.2 Å². The Bertz CT molecular complexity index is 376. The monoisotopic (exact) mass is 300 g/mol. The Morgan fingerprint density at radius 2 is 2.00 bits per heavy atom. The molecule has 1 aromatic carbocycles. The predicted octanol–water partition coefficient (Wildman–Crippen LogP) is 3.52. The lowest BCUT2D eigenvalue weighted by Gasteiger charge is -2.26. The minimum Gasteiger partial charge on any atom is -0.382 e. The van der Waals surface area contributed by atoms with E-state index in [-0.39, 0.29) is 5.82 Å². The average molecular weight is 301 g/mol. The molecule has 1 aliphatic rings. The summed E-state index contributed by atoms with van der Waals surface area (Å²) in [6.45, 7) is 0.833. The molecule has 1 aromatic rings. The molecule has 0 amide bonds. The zero-order valence-corrected chi connectivity index (χ0v) is 11.3. The standard InChI is InChI=1S/C13H18BrFN2/c14-10-3-6-12(15)13(7-10)17-8-9-1-4-11(16)5-2-9/h3,6-7,9,11,17H,1-2,4-5,8,16H2. The van der Waals surface area contributed by atoms with Crippen molar-refractivity contribution in [2.45, 2.75) is 31.7 Å². The van der Waals surface area contributed by atoms with Crippen molar-refractivity contribution in [1.82, 2.24) is 0 Å². The first-order chi connectivity index (χ1) is 8.15. The number of nitrogens with one attached hydrogen (secondary N) is 1. The van der Waals surface area contributed by atoms with Gasteiger partial charge in [0.05, 0.1) is 5.69 Å². The maximum Gasteiger partial charge on any atom is 0.146 e. The summed E-state index contributed by atoms with van der Waals surface area (Å²) in [5, 5.41) is 3.19. The molecule has 94 valence electrons. The molecule has 0 bridgehead atoms. The minimum absolute atomic E-state index is 0.194. The molecular weight excluding hydrogens is 283 g/mol. The highest BCUT2D eigenvalue weighted by molar-refractivity contribution is 9.10. The quantitative estimate of drug-likeness (QED) is 0.896. The Labute approximate surface area is 110 Å². The van der Waals surface area contributed by atoms with Gasteiger partial charge in [-0.05, 0) is 49.8 Å². The molecule has 1 aliphatic carbocycles. The third kappa shape index (κ3) is 3.68. The molecular formula is C13H18BrFN2. The summed E-state index contributed by atoms with van der Waals surface area (Å²) in [6.07, 6.45) is 4.47. The van der Waals surface area contributed by atoms with Crippen LogP contribution in [0.25, 0.3) is 0 Å². The van der Waals surface area contributed by atoms with E-state index in [1.807, 2.05) is 0 Å².